The number of hydrogen-bond donors (Lipinski definition) is 2. The Labute approximate surface area is 106 Å². The van der Waals surface area contributed by atoms with Gasteiger partial charge in [-0.25, -0.2) is 0 Å². The fraction of sp³-hybridized carbons (Fsp3) is 0.500. The van der Waals surface area contributed by atoms with Crippen LogP contribution in [0.25, 0.3) is 10.9 Å². The van der Waals surface area contributed by atoms with Gasteiger partial charge in [-0.3, -0.25) is 5.10 Å². The Morgan fingerprint density at radius 3 is 2.78 bits per heavy atom. The lowest BCUT2D eigenvalue weighted by Crippen LogP contribution is -2.21. The molecule has 2 fully saturated rings. The fourth-order valence-corrected chi connectivity index (χ4v) is 3.70. The van der Waals surface area contributed by atoms with Crippen molar-refractivity contribution in [2.75, 3.05) is 23.7 Å². The lowest BCUT2D eigenvalue weighted by Gasteiger charge is -2.21. The van der Waals surface area contributed by atoms with Gasteiger partial charge in [-0.2, -0.15) is 5.10 Å². The number of aromatic nitrogens is 2. The van der Waals surface area contributed by atoms with E-state index >= 15 is 0 Å². The third-order valence-electron chi connectivity index (χ3n) is 4.65. The van der Waals surface area contributed by atoms with Gasteiger partial charge in [0, 0.05) is 18.5 Å². The molecule has 1 saturated heterocycles. The summed E-state index contributed by atoms with van der Waals surface area (Å²) >= 11 is 0. The standard InChI is InChI=1S/C14H18N4/c15-12-4-11-6-16-17-13(11)5-14(12)18-7-9-2-1-3-10(9)8-18/h4-6,9-10H,1-3,7-8,15H2,(H,16,17). The van der Waals surface area contributed by atoms with Gasteiger partial charge in [0.2, 0.25) is 0 Å². The van der Waals surface area contributed by atoms with Gasteiger partial charge < -0.3 is 10.6 Å². The summed E-state index contributed by atoms with van der Waals surface area (Å²) in [4.78, 5) is 2.46. The molecule has 0 radical (unpaired) electrons. The number of nitrogens with two attached hydrogens (primary N) is 1. The number of anilines is 2. The van der Waals surface area contributed by atoms with Crippen LogP contribution in [0.3, 0.4) is 0 Å². The molecule has 94 valence electrons. The van der Waals surface area contributed by atoms with E-state index < -0.39 is 0 Å². The van der Waals surface area contributed by atoms with E-state index in [1.165, 1.54) is 38.0 Å². The SMILES string of the molecule is Nc1cc2cn[nH]c2cc1N1CC2CCCC2C1. The van der Waals surface area contributed by atoms with E-state index in [1.54, 1.807) is 0 Å². The number of rotatable bonds is 1. The highest BCUT2D eigenvalue weighted by molar-refractivity contribution is 5.89. The van der Waals surface area contributed by atoms with E-state index in [-0.39, 0.29) is 0 Å². The number of nitrogens with zero attached hydrogens (tertiary/aromatic N) is 2. The Bertz CT molecular complexity index is 576. The molecule has 1 aromatic heterocycles. The second-order valence-corrected chi connectivity index (χ2v) is 5.72. The Hall–Kier alpha value is -1.71. The van der Waals surface area contributed by atoms with Crippen molar-refractivity contribution in [3.05, 3.63) is 18.3 Å². The van der Waals surface area contributed by atoms with Crippen LogP contribution in [-0.4, -0.2) is 23.3 Å². The minimum absolute atomic E-state index is 0.879. The van der Waals surface area contributed by atoms with Crippen LogP contribution in [0.15, 0.2) is 18.3 Å². The van der Waals surface area contributed by atoms with E-state index in [1.807, 2.05) is 12.3 Å². The third kappa shape index (κ3) is 1.41. The van der Waals surface area contributed by atoms with E-state index in [4.69, 9.17) is 5.73 Å². The molecule has 0 bridgehead atoms. The Balaban J connectivity index is 1.71. The van der Waals surface area contributed by atoms with E-state index in [2.05, 4.69) is 21.2 Å². The van der Waals surface area contributed by atoms with E-state index in [0.717, 1.165) is 28.4 Å². The molecule has 3 N–H and O–H groups in total. The molecule has 1 aromatic carbocycles. The van der Waals surface area contributed by atoms with Crippen molar-refractivity contribution in [1.82, 2.24) is 10.2 Å². The summed E-state index contributed by atoms with van der Waals surface area (Å²) in [6.45, 7) is 2.35. The van der Waals surface area contributed by atoms with Gasteiger partial charge in [-0.05, 0) is 36.8 Å². The third-order valence-corrected chi connectivity index (χ3v) is 4.65. The Morgan fingerprint density at radius 1 is 1.22 bits per heavy atom. The first-order valence-electron chi connectivity index (χ1n) is 6.79. The van der Waals surface area contributed by atoms with Gasteiger partial charge in [0.05, 0.1) is 23.1 Å². The van der Waals surface area contributed by atoms with E-state index in [9.17, 15) is 0 Å². The molecule has 0 spiro atoms. The van der Waals surface area contributed by atoms with Crippen LogP contribution in [0.1, 0.15) is 19.3 Å². The summed E-state index contributed by atoms with van der Waals surface area (Å²) in [6.07, 6.45) is 6.03. The predicted octanol–water partition coefficient (Wildman–Crippen LogP) is 2.38. The smallest absolute Gasteiger partial charge is 0.0672 e. The molecule has 1 aliphatic heterocycles. The zero-order chi connectivity index (χ0) is 12.1. The maximum atomic E-state index is 6.19. The Kier molecular flexibility index (Phi) is 2.07. The molecule has 4 heteroatoms. The molecule has 1 aliphatic carbocycles. The van der Waals surface area contributed by atoms with Crippen molar-refractivity contribution in [2.24, 2.45) is 11.8 Å². The number of nitrogen functional groups attached to an aromatic ring is 1. The fourth-order valence-electron chi connectivity index (χ4n) is 3.70. The summed E-state index contributed by atoms with van der Waals surface area (Å²) in [6, 6.07) is 4.18. The van der Waals surface area contributed by atoms with Crippen molar-refractivity contribution in [3.63, 3.8) is 0 Å². The van der Waals surface area contributed by atoms with Crippen molar-refractivity contribution in [1.29, 1.82) is 0 Å². The topological polar surface area (TPSA) is 57.9 Å². The first-order chi connectivity index (χ1) is 8.81. The number of hydrogen-bond acceptors (Lipinski definition) is 3. The van der Waals surface area contributed by atoms with Crippen LogP contribution in [0.4, 0.5) is 11.4 Å². The number of aromatic amines is 1. The monoisotopic (exact) mass is 242 g/mol. The quantitative estimate of drug-likeness (QED) is 0.755. The van der Waals surface area contributed by atoms with Crippen LogP contribution >= 0.6 is 0 Å². The largest absolute Gasteiger partial charge is 0.397 e. The molecule has 1 saturated carbocycles. The van der Waals surface area contributed by atoms with Gasteiger partial charge in [0.1, 0.15) is 0 Å². The minimum Gasteiger partial charge on any atom is -0.397 e. The Morgan fingerprint density at radius 2 is 2.00 bits per heavy atom. The predicted molar refractivity (Wildman–Crippen MR) is 73.6 cm³/mol. The molecule has 2 unspecified atom stereocenters. The zero-order valence-corrected chi connectivity index (χ0v) is 10.4. The highest BCUT2D eigenvalue weighted by Gasteiger charge is 2.36. The van der Waals surface area contributed by atoms with Crippen LogP contribution in [0.2, 0.25) is 0 Å². The van der Waals surface area contributed by atoms with Gasteiger partial charge >= 0.3 is 0 Å². The lowest BCUT2D eigenvalue weighted by molar-refractivity contribution is 0.494. The van der Waals surface area contributed by atoms with Crippen molar-refractivity contribution < 1.29 is 0 Å². The summed E-state index contributed by atoms with van der Waals surface area (Å²) in [5.74, 6) is 1.78. The second-order valence-electron chi connectivity index (χ2n) is 5.72. The lowest BCUT2D eigenvalue weighted by atomic mass is 10.0. The van der Waals surface area contributed by atoms with E-state index in [0.29, 0.717) is 0 Å². The molecular formula is C14H18N4. The second kappa shape index (κ2) is 3.64. The maximum Gasteiger partial charge on any atom is 0.0672 e. The summed E-state index contributed by atoms with van der Waals surface area (Å²) in [7, 11) is 0. The highest BCUT2D eigenvalue weighted by Crippen LogP contribution is 2.41. The van der Waals surface area contributed by atoms with Crippen molar-refractivity contribution in [3.8, 4) is 0 Å². The molecule has 18 heavy (non-hydrogen) atoms. The first kappa shape index (κ1) is 10.2. The van der Waals surface area contributed by atoms with Gasteiger partial charge in [-0.15, -0.1) is 0 Å². The van der Waals surface area contributed by atoms with Crippen molar-refractivity contribution in [2.45, 2.75) is 19.3 Å². The normalized spacial score (nSPS) is 27.0. The average molecular weight is 242 g/mol. The molecular weight excluding hydrogens is 224 g/mol. The molecule has 0 amide bonds. The highest BCUT2D eigenvalue weighted by atomic mass is 15.2. The van der Waals surface area contributed by atoms with Crippen LogP contribution in [-0.2, 0) is 0 Å². The number of nitrogens with one attached hydrogen (secondary N) is 1. The van der Waals surface area contributed by atoms with Crippen LogP contribution in [0, 0.1) is 11.8 Å². The van der Waals surface area contributed by atoms with Crippen LogP contribution in [0.5, 0.6) is 0 Å². The number of fused-ring (bicyclic) bond motifs is 2. The molecule has 4 rings (SSSR count). The zero-order valence-electron chi connectivity index (χ0n) is 10.4. The number of benzene rings is 1. The van der Waals surface area contributed by atoms with Gasteiger partial charge in [0.25, 0.3) is 0 Å². The van der Waals surface area contributed by atoms with Gasteiger partial charge in [0.15, 0.2) is 0 Å². The average Bonchev–Trinajstić information content (AvgIpc) is 3.00. The van der Waals surface area contributed by atoms with Gasteiger partial charge in [-0.1, -0.05) is 6.42 Å². The summed E-state index contributed by atoms with van der Waals surface area (Å²) in [5.41, 5.74) is 9.33. The van der Waals surface area contributed by atoms with Crippen LogP contribution < -0.4 is 10.6 Å². The maximum absolute atomic E-state index is 6.19. The molecule has 2 atom stereocenters. The van der Waals surface area contributed by atoms with Crippen molar-refractivity contribution >= 4 is 22.3 Å². The molecule has 2 heterocycles. The number of H-pyrrole nitrogens is 1. The summed E-state index contributed by atoms with van der Waals surface area (Å²) < 4.78 is 0. The molecule has 2 aromatic rings. The molecule has 4 nitrogen and oxygen atoms in total. The first-order valence-corrected chi connectivity index (χ1v) is 6.79. The minimum atomic E-state index is 0.879. The molecule has 2 aliphatic rings. The summed E-state index contributed by atoms with van der Waals surface area (Å²) in [5, 5.41) is 8.19.